The number of fused-ring (bicyclic) bond motifs is 3. The van der Waals surface area contributed by atoms with E-state index in [1.807, 2.05) is 12.1 Å². The molecule has 216 valence electrons. The summed E-state index contributed by atoms with van der Waals surface area (Å²) in [6.45, 7) is 1.84. The van der Waals surface area contributed by atoms with E-state index < -0.39 is 6.04 Å². The Balaban J connectivity index is 1.63. The van der Waals surface area contributed by atoms with Crippen LogP contribution in [0.4, 0.5) is 11.4 Å². The van der Waals surface area contributed by atoms with Gasteiger partial charge >= 0.3 is 0 Å². The molecule has 0 radical (unpaired) electrons. The number of hydrogen-bond acceptors (Lipinski definition) is 8. The summed E-state index contributed by atoms with van der Waals surface area (Å²) in [5, 5.41) is 18.5. The lowest BCUT2D eigenvalue weighted by Gasteiger charge is -2.19. The van der Waals surface area contributed by atoms with Crippen LogP contribution in [0.25, 0.3) is 11.1 Å². The van der Waals surface area contributed by atoms with Gasteiger partial charge in [0.25, 0.3) is 0 Å². The van der Waals surface area contributed by atoms with Gasteiger partial charge in [-0.3, -0.25) is 14.4 Å². The molecule has 10 nitrogen and oxygen atoms in total. The highest BCUT2D eigenvalue weighted by Gasteiger charge is 2.29. The number of carbonyl (C=O) groups is 2. The number of benzene rings is 2. The van der Waals surface area contributed by atoms with E-state index in [1.54, 1.807) is 38.5 Å². The molecule has 0 fully saturated rings. The summed E-state index contributed by atoms with van der Waals surface area (Å²) in [6.07, 6.45) is 1.88. The molecule has 0 saturated heterocycles. The van der Waals surface area contributed by atoms with E-state index in [-0.39, 0.29) is 29.4 Å². The third-order valence-electron chi connectivity index (χ3n) is 6.94. The predicted octanol–water partition coefficient (Wildman–Crippen LogP) is 4.40. The van der Waals surface area contributed by atoms with E-state index in [9.17, 15) is 19.5 Å². The van der Waals surface area contributed by atoms with Crippen molar-refractivity contribution in [3.63, 3.8) is 0 Å². The van der Waals surface area contributed by atoms with Gasteiger partial charge in [0.15, 0.2) is 11.5 Å². The molecule has 10 heteroatoms. The summed E-state index contributed by atoms with van der Waals surface area (Å²) in [5.74, 6) is 1.13. The van der Waals surface area contributed by atoms with Gasteiger partial charge in [-0.25, -0.2) is 0 Å². The van der Waals surface area contributed by atoms with Crippen molar-refractivity contribution in [3.05, 3.63) is 69.9 Å². The Kier molecular flexibility index (Phi) is 9.34. The first kappa shape index (κ1) is 29.3. The van der Waals surface area contributed by atoms with Crippen LogP contribution in [0.1, 0.15) is 43.4 Å². The molecule has 0 heterocycles. The fourth-order valence-electron chi connectivity index (χ4n) is 5.13. The van der Waals surface area contributed by atoms with Gasteiger partial charge in [0, 0.05) is 37.2 Å². The number of rotatable bonds is 10. The van der Waals surface area contributed by atoms with Crippen molar-refractivity contribution in [1.82, 2.24) is 5.32 Å². The largest absolute Gasteiger partial charge is 0.508 e. The maximum absolute atomic E-state index is 13.4. The molecule has 0 bridgehead atoms. The van der Waals surface area contributed by atoms with Crippen LogP contribution in [-0.4, -0.2) is 44.8 Å². The molecule has 1 aliphatic rings. The fraction of sp³-hybridized carbons (Fsp3) is 0.323. The smallest absolute Gasteiger partial charge is 0.224 e. The molecule has 3 aromatic rings. The molecule has 4 rings (SSSR count). The molecule has 0 unspecified atom stereocenters. The van der Waals surface area contributed by atoms with Crippen molar-refractivity contribution in [3.8, 4) is 34.1 Å². The van der Waals surface area contributed by atoms with E-state index in [0.717, 1.165) is 16.7 Å². The Hall–Kier alpha value is -4.73. The Morgan fingerprint density at radius 1 is 1.00 bits per heavy atom. The lowest BCUT2D eigenvalue weighted by Crippen LogP contribution is -2.26. The molecule has 0 spiro atoms. The fourth-order valence-corrected chi connectivity index (χ4v) is 5.13. The second-order valence-electron chi connectivity index (χ2n) is 9.72. The number of aryl methyl sites for hydroxylation is 1. The molecule has 4 N–H and O–H groups in total. The first-order valence-electron chi connectivity index (χ1n) is 13.4. The number of ether oxygens (including phenoxy) is 3. The van der Waals surface area contributed by atoms with E-state index in [2.05, 4.69) is 16.0 Å². The van der Waals surface area contributed by atoms with E-state index in [1.165, 1.54) is 26.2 Å². The van der Waals surface area contributed by atoms with Crippen molar-refractivity contribution < 1.29 is 28.9 Å². The average molecular weight is 562 g/mol. The molecule has 0 saturated carbocycles. The van der Waals surface area contributed by atoms with Gasteiger partial charge in [-0.05, 0) is 66.3 Å². The number of hydrogen-bond donors (Lipinski definition) is 4. The Morgan fingerprint density at radius 3 is 2.46 bits per heavy atom. The Morgan fingerprint density at radius 2 is 1.78 bits per heavy atom. The third-order valence-corrected chi connectivity index (χ3v) is 6.94. The zero-order valence-corrected chi connectivity index (χ0v) is 23.6. The molecule has 1 atom stereocenters. The maximum atomic E-state index is 13.4. The molecular weight excluding hydrogens is 526 g/mol. The number of carbonyl (C=O) groups excluding carboxylic acids is 2. The van der Waals surface area contributed by atoms with Gasteiger partial charge in [0.05, 0.1) is 33.1 Å². The lowest BCUT2D eigenvalue weighted by molar-refractivity contribution is -0.119. The SMILES string of the molecule is COc1cc2c(c(OC)c1OC)-c1ccc(NCCCC(=O)Nc3cccc(O)c3)c(=O)cc1[C@H](NC(C)=O)CC2. The summed E-state index contributed by atoms with van der Waals surface area (Å²) in [4.78, 5) is 37.8. The number of anilines is 2. The van der Waals surface area contributed by atoms with Crippen molar-refractivity contribution in [2.75, 3.05) is 38.5 Å². The first-order chi connectivity index (χ1) is 19.7. The van der Waals surface area contributed by atoms with Crippen LogP contribution in [-0.2, 0) is 16.0 Å². The normalized spacial score (nSPS) is 13.6. The summed E-state index contributed by atoms with van der Waals surface area (Å²) in [5.41, 5.74) is 3.78. The predicted molar refractivity (Wildman–Crippen MR) is 157 cm³/mol. The van der Waals surface area contributed by atoms with Crippen LogP contribution in [0.2, 0.25) is 0 Å². The average Bonchev–Trinajstić information content (AvgIpc) is 3.18. The molecule has 1 aliphatic carbocycles. The molecular formula is C31H35N3O7. The van der Waals surface area contributed by atoms with Crippen molar-refractivity contribution >= 4 is 23.2 Å². The molecule has 41 heavy (non-hydrogen) atoms. The van der Waals surface area contributed by atoms with Gasteiger partial charge in [-0.2, -0.15) is 0 Å². The lowest BCUT2D eigenvalue weighted by atomic mass is 9.95. The highest BCUT2D eigenvalue weighted by molar-refractivity contribution is 5.91. The van der Waals surface area contributed by atoms with Gasteiger partial charge < -0.3 is 35.3 Å². The second-order valence-corrected chi connectivity index (χ2v) is 9.72. The van der Waals surface area contributed by atoms with Crippen molar-refractivity contribution in [2.24, 2.45) is 0 Å². The highest BCUT2D eigenvalue weighted by Crippen LogP contribution is 2.50. The standard InChI is InChI=1S/C31H35N3O7/c1-18(35)33-24-12-10-19-15-27(39-2)30(40-3)31(41-4)29(19)22-11-13-25(26(37)17-23(22)24)32-14-6-9-28(38)34-20-7-5-8-21(36)16-20/h5,7-8,11,13,15-17,24,36H,6,9-10,12,14H2,1-4H3,(H,32,37)(H,33,35)(H,34,38)/t24-/m1/s1. The zero-order chi connectivity index (χ0) is 29.5. The van der Waals surface area contributed by atoms with Crippen molar-refractivity contribution in [1.29, 1.82) is 0 Å². The number of methoxy groups -OCH3 is 3. The second kappa shape index (κ2) is 13.1. The number of nitrogens with one attached hydrogen (secondary N) is 3. The van der Waals surface area contributed by atoms with Crippen LogP contribution >= 0.6 is 0 Å². The zero-order valence-electron chi connectivity index (χ0n) is 23.6. The summed E-state index contributed by atoms with van der Waals surface area (Å²) < 4.78 is 17.0. The van der Waals surface area contributed by atoms with E-state index >= 15 is 0 Å². The molecule has 2 amide bonds. The van der Waals surface area contributed by atoms with Gasteiger partial charge in [-0.1, -0.05) is 12.1 Å². The van der Waals surface area contributed by atoms with Crippen LogP contribution in [0, 0.1) is 0 Å². The van der Waals surface area contributed by atoms with E-state index in [0.29, 0.717) is 60.0 Å². The summed E-state index contributed by atoms with van der Waals surface area (Å²) >= 11 is 0. The van der Waals surface area contributed by atoms with E-state index in [4.69, 9.17) is 14.2 Å². The minimum Gasteiger partial charge on any atom is -0.508 e. The van der Waals surface area contributed by atoms with Gasteiger partial charge in [0.2, 0.25) is 23.0 Å². The number of phenolic OH excluding ortho intramolecular Hbond substituents is 1. The van der Waals surface area contributed by atoms with Crippen LogP contribution in [0.5, 0.6) is 23.0 Å². The summed E-state index contributed by atoms with van der Waals surface area (Å²) in [6, 6.07) is 13.0. The van der Waals surface area contributed by atoms with Gasteiger partial charge in [0.1, 0.15) is 5.75 Å². The summed E-state index contributed by atoms with van der Waals surface area (Å²) in [7, 11) is 4.66. The Bertz CT molecular complexity index is 1510. The van der Waals surface area contributed by atoms with Gasteiger partial charge in [-0.15, -0.1) is 0 Å². The van der Waals surface area contributed by atoms with Crippen LogP contribution < -0.4 is 35.6 Å². The third kappa shape index (κ3) is 6.71. The number of phenols is 1. The molecule has 3 aromatic carbocycles. The Labute approximate surface area is 238 Å². The maximum Gasteiger partial charge on any atom is 0.224 e. The topological polar surface area (TPSA) is 135 Å². The minimum atomic E-state index is -0.398. The van der Waals surface area contributed by atoms with Crippen LogP contribution in [0.15, 0.2) is 53.3 Å². The number of aromatic hydroxyl groups is 1. The first-order valence-corrected chi connectivity index (χ1v) is 13.4. The molecule has 0 aromatic heterocycles. The number of amides is 2. The van der Waals surface area contributed by atoms with Crippen molar-refractivity contribution in [2.45, 2.75) is 38.6 Å². The highest BCUT2D eigenvalue weighted by atomic mass is 16.5. The minimum absolute atomic E-state index is 0.0707. The monoisotopic (exact) mass is 561 g/mol. The molecule has 0 aliphatic heterocycles. The quantitative estimate of drug-likeness (QED) is 0.268. The van der Waals surface area contributed by atoms with Crippen LogP contribution in [0.3, 0.4) is 0 Å².